The summed E-state index contributed by atoms with van der Waals surface area (Å²) in [5.74, 6) is -0.515. The van der Waals surface area contributed by atoms with Gasteiger partial charge in [-0.1, -0.05) is 58.7 Å². The third-order valence-corrected chi connectivity index (χ3v) is 5.48. The minimum atomic E-state index is -0.890. The number of hydrogen-bond acceptors (Lipinski definition) is 6. The zero-order chi connectivity index (χ0) is 25.2. The molecule has 0 saturated carbocycles. The van der Waals surface area contributed by atoms with E-state index in [1.165, 1.54) is 27.8 Å². The van der Waals surface area contributed by atoms with Gasteiger partial charge in [0.1, 0.15) is 11.6 Å². The third-order valence-electron chi connectivity index (χ3n) is 5.07. The Morgan fingerprint density at radius 3 is 2.46 bits per heavy atom. The maximum atomic E-state index is 13.3. The average molecular weight is 512 g/mol. The van der Waals surface area contributed by atoms with Crippen molar-refractivity contribution in [3.8, 4) is 16.9 Å². The Morgan fingerprint density at radius 1 is 1.09 bits per heavy atom. The highest BCUT2D eigenvalue weighted by atomic mass is 35.5. The van der Waals surface area contributed by atoms with Gasteiger partial charge in [0.15, 0.2) is 5.15 Å². The van der Waals surface area contributed by atoms with Crippen molar-refractivity contribution in [2.75, 3.05) is 0 Å². The van der Waals surface area contributed by atoms with Crippen molar-refractivity contribution in [2.45, 2.75) is 38.8 Å². The van der Waals surface area contributed by atoms with Crippen LogP contribution in [0.3, 0.4) is 0 Å². The van der Waals surface area contributed by atoms with E-state index in [9.17, 15) is 9.59 Å². The summed E-state index contributed by atoms with van der Waals surface area (Å²) in [5, 5.41) is 8.47. The molecule has 2 aromatic carbocycles. The minimum Gasteiger partial charge on any atom is -0.458 e. The molecular formula is C25H23Cl2N5O3. The lowest BCUT2D eigenvalue weighted by atomic mass is 10.0. The summed E-state index contributed by atoms with van der Waals surface area (Å²) in [4.78, 5) is 30.9. The number of nitrogens with zero attached hydrogens (tertiary/aromatic N) is 5. The number of hydrogen-bond donors (Lipinski definition) is 0. The van der Waals surface area contributed by atoms with Gasteiger partial charge in [-0.15, -0.1) is 5.10 Å². The summed E-state index contributed by atoms with van der Waals surface area (Å²) in [7, 11) is 0. The second-order valence-corrected chi connectivity index (χ2v) is 9.73. The van der Waals surface area contributed by atoms with Crippen LogP contribution in [0.2, 0.25) is 10.2 Å². The fraction of sp³-hybridized carbons (Fsp3) is 0.240. The van der Waals surface area contributed by atoms with Gasteiger partial charge in [-0.2, -0.15) is 0 Å². The lowest BCUT2D eigenvalue weighted by Crippen LogP contribution is -2.36. The highest BCUT2D eigenvalue weighted by Crippen LogP contribution is 2.28. The zero-order valence-corrected chi connectivity index (χ0v) is 20.9. The van der Waals surface area contributed by atoms with Gasteiger partial charge in [-0.3, -0.25) is 9.36 Å². The van der Waals surface area contributed by atoms with Crippen LogP contribution in [-0.2, 0) is 16.0 Å². The molecule has 4 rings (SSSR count). The Labute approximate surface area is 212 Å². The van der Waals surface area contributed by atoms with Gasteiger partial charge in [0.2, 0.25) is 0 Å². The molecule has 0 bridgehead atoms. The van der Waals surface area contributed by atoms with Crippen molar-refractivity contribution in [2.24, 2.45) is 0 Å². The molecule has 2 heterocycles. The fourth-order valence-electron chi connectivity index (χ4n) is 3.57. The lowest BCUT2D eigenvalue weighted by Gasteiger charge is -2.25. The first-order chi connectivity index (χ1) is 16.6. The third kappa shape index (κ3) is 5.96. The highest BCUT2D eigenvalue weighted by Gasteiger charge is 2.28. The first-order valence-electron chi connectivity index (χ1n) is 10.8. The van der Waals surface area contributed by atoms with Crippen molar-refractivity contribution in [3.63, 3.8) is 0 Å². The topological polar surface area (TPSA) is 91.9 Å². The number of carbonyl (C=O) groups is 1. The number of halogens is 2. The van der Waals surface area contributed by atoms with Gasteiger partial charge >= 0.3 is 5.97 Å². The summed E-state index contributed by atoms with van der Waals surface area (Å²) in [6.45, 7) is 5.35. The summed E-state index contributed by atoms with van der Waals surface area (Å²) in [5.41, 5.74) is 1.27. The van der Waals surface area contributed by atoms with Crippen LogP contribution in [0.1, 0.15) is 32.4 Å². The van der Waals surface area contributed by atoms with Crippen molar-refractivity contribution in [1.82, 2.24) is 24.5 Å². The molecule has 10 heteroatoms. The maximum absolute atomic E-state index is 13.3. The standard InChI is InChI=1S/C25H23Cl2N5O3/c1-25(2,3)35-24(34)21(11-16-7-5-4-6-8-16)31-15-28-19(13-23(31)33)18-12-17(26)9-10-20(18)32-14-22(27)29-30-32/h4-10,12-15,21H,11H2,1-3H3/t21-/m0/s1. The number of ether oxygens (including phenoxy) is 1. The van der Waals surface area contributed by atoms with Crippen molar-refractivity contribution < 1.29 is 9.53 Å². The lowest BCUT2D eigenvalue weighted by molar-refractivity contribution is -0.159. The smallest absolute Gasteiger partial charge is 0.330 e. The molecule has 180 valence electrons. The number of rotatable bonds is 6. The van der Waals surface area contributed by atoms with Gasteiger partial charge in [0.05, 0.1) is 23.9 Å². The van der Waals surface area contributed by atoms with Gasteiger partial charge in [0, 0.05) is 23.1 Å². The molecule has 0 spiro atoms. The van der Waals surface area contributed by atoms with Gasteiger partial charge < -0.3 is 4.74 Å². The quantitative estimate of drug-likeness (QED) is 0.341. The van der Waals surface area contributed by atoms with Crippen molar-refractivity contribution in [3.05, 3.63) is 93.2 Å². The molecule has 4 aromatic rings. The Hall–Kier alpha value is -3.49. The summed E-state index contributed by atoms with van der Waals surface area (Å²) in [6, 6.07) is 15.0. The molecule has 0 N–H and O–H groups in total. The van der Waals surface area contributed by atoms with Crippen LogP contribution in [0.4, 0.5) is 0 Å². The summed E-state index contributed by atoms with van der Waals surface area (Å²) >= 11 is 12.2. The van der Waals surface area contributed by atoms with E-state index in [4.69, 9.17) is 27.9 Å². The molecule has 8 nitrogen and oxygen atoms in total. The molecule has 35 heavy (non-hydrogen) atoms. The molecule has 1 atom stereocenters. The minimum absolute atomic E-state index is 0.218. The van der Waals surface area contributed by atoms with E-state index < -0.39 is 23.2 Å². The van der Waals surface area contributed by atoms with Crippen LogP contribution < -0.4 is 5.56 Å². The van der Waals surface area contributed by atoms with Crippen molar-refractivity contribution in [1.29, 1.82) is 0 Å². The Balaban J connectivity index is 1.76. The maximum Gasteiger partial charge on any atom is 0.330 e. The molecule has 0 saturated heterocycles. The number of benzene rings is 2. The molecular weight excluding hydrogens is 489 g/mol. The second-order valence-electron chi connectivity index (χ2n) is 8.91. The largest absolute Gasteiger partial charge is 0.458 e. The van der Waals surface area contributed by atoms with Crippen LogP contribution in [0.15, 0.2) is 71.9 Å². The molecule has 0 radical (unpaired) electrons. The predicted molar refractivity (Wildman–Crippen MR) is 134 cm³/mol. The number of esters is 1. The molecule has 0 amide bonds. The Morgan fingerprint density at radius 2 is 1.83 bits per heavy atom. The molecule has 2 aromatic heterocycles. The van der Waals surface area contributed by atoms with Crippen LogP contribution >= 0.6 is 23.2 Å². The van der Waals surface area contributed by atoms with E-state index in [0.717, 1.165) is 5.56 Å². The zero-order valence-electron chi connectivity index (χ0n) is 19.4. The van der Waals surface area contributed by atoms with Crippen LogP contribution in [0.5, 0.6) is 0 Å². The molecule has 0 aliphatic rings. The van der Waals surface area contributed by atoms with Gasteiger partial charge in [0.25, 0.3) is 5.56 Å². The molecule has 0 aliphatic heterocycles. The van der Waals surface area contributed by atoms with E-state index in [0.29, 0.717) is 22.0 Å². The molecule has 0 unspecified atom stereocenters. The second kappa shape index (κ2) is 10.0. The average Bonchev–Trinajstić information content (AvgIpc) is 3.23. The SMILES string of the molecule is CC(C)(C)OC(=O)[C@H](Cc1ccccc1)n1cnc(-c2cc(Cl)ccc2-n2cc(Cl)nn2)cc1=O. The van der Waals surface area contributed by atoms with Crippen molar-refractivity contribution >= 4 is 29.2 Å². The fourth-order valence-corrected chi connectivity index (χ4v) is 3.87. The van der Waals surface area contributed by atoms with E-state index in [1.54, 1.807) is 39.0 Å². The van der Waals surface area contributed by atoms with Gasteiger partial charge in [-0.25, -0.2) is 14.5 Å². The first kappa shape index (κ1) is 24.6. The number of aromatic nitrogens is 5. The first-order valence-corrected chi connectivity index (χ1v) is 11.6. The van der Waals surface area contributed by atoms with E-state index in [-0.39, 0.29) is 11.6 Å². The summed E-state index contributed by atoms with van der Waals surface area (Å²) in [6.07, 6.45) is 3.17. The van der Waals surface area contributed by atoms with E-state index >= 15 is 0 Å². The Kier molecular flexibility index (Phi) is 7.05. The van der Waals surface area contributed by atoms with E-state index in [1.807, 2.05) is 30.3 Å². The van der Waals surface area contributed by atoms with Crippen LogP contribution in [-0.4, -0.2) is 36.1 Å². The summed E-state index contributed by atoms with van der Waals surface area (Å²) < 4.78 is 8.38. The van der Waals surface area contributed by atoms with Gasteiger partial charge in [-0.05, 0) is 44.5 Å². The normalized spacial score (nSPS) is 12.4. The number of carbonyl (C=O) groups excluding carboxylic acids is 1. The van der Waals surface area contributed by atoms with Crippen LogP contribution in [0, 0.1) is 0 Å². The monoisotopic (exact) mass is 511 g/mol. The highest BCUT2D eigenvalue weighted by molar-refractivity contribution is 6.31. The van der Waals surface area contributed by atoms with E-state index in [2.05, 4.69) is 15.3 Å². The Bertz CT molecular complexity index is 1410. The molecule has 0 fully saturated rings. The van der Waals surface area contributed by atoms with Crippen LogP contribution in [0.25, 0.3) is 16.9 Å². The predicted octanol–water partition coefficient (Wildman–Crippen LogP) is 4.92. The molecule has 0 aliphatic carbocycles.